The molecule has 8 heteroatoms. The zero-order chi connectivity index (χ0) is 13.4. The molecule has 0 aromatic carbocycles. The monoisotopic (exact) mass is 252 g/mol. The van der Waals surface area contributed by atoms with Crippen LogP contribution in [-0.4, -0.2) is 72.9 Å². The lowest BCUT2D eigenvalue weighted by Gasteiger charge is -2.42. The van der Waals surface area contributed by atoms with E-state index in [-0.39, 0.29) is 0 Å². The van der Waals surface area contributed by atoms with Gasteiger partial charge in [-0.05, 0) is 6.92 Å². The molecule has 0 spiro atoms. The summed E-state index contributed by atoms with van der Waals surface area (Å²) >= 11 is 0. The summed E-state index contributed by atoms with van der Waals surface area (Å²) in [7, 11) is 0. The first-order valence-corrected chi connectivity index (χ1v) is 5.05. The van der Waals surface area contributed by atoms with E-state index >= 15 is 0 Å². The van der Waals surface area contributed by atoms with Crippen molar-refractivity contribution in [2.75, 3.05) is 0 Å². The van der Waals surface area contributed by atoms with E-state index < -0.39 is 48.7 Å². The van der Waals surface area contributed by atoms with Crippen molar-refractivity contribution in [2.45, 2.75) is 49.7 Å². The summed E-state index contributed by atoms with van der Waals surface area (Å²) in [5.41, 5.74) is 0. The van der Waals surface area contributed by atoms with Crippen LogP contribution in [0.1, 0.15) is 13.3 Å². The molecular weight excluding hydrogens is 236 g/mol. The van der Waals surface area contributed by atoms with Crippen LogP contribution in [-0.2, 0) is 9.53 Å². The van der Waals surface area contributed by atoms with Crippen molar-refractivity contribution in [3.8, 4) is 0 Å². The van der Waals surface area contributed by atoms with Crippen molar-refractivity contribution in [3.05, 3.63) is 0 Å². The molecule has 1 saturated heterocycles. The molecule has 0 aromatic rings. The highest BCUT2D eigenvalue weighted by Crippen LogP contribution is 2.30. The number of hydrogen-bond donors (Lipinski definition) is 6. The minimum Gasteiger partial charge on any atom is -0.477 e. The van der Waals surface area contributed by atoms with E-state index in [1.807, 2.05) is 0 Å². The third-order valence-electron chi connectivity index (χ3n) is 2.71. The van der Waals surface area contributed by atoms with Gasteiger partial charge in [-0.3, -0.25) is 0 Å². The Labute approximate surface area is 96.7 Å². The van der Waals surface area contributed by atoms with Gasteiger partial charge < -0.3 is 35.4 Å². The lowest BCUT2D eigenvalue weighted by Crippen LogP contribution is -2.62. The molecule has 1 unspecified atom stereocenters. The van der Waals surface area contributed by atoms with Gasteiger partial charge in [-0.2, -0.15) is 0 Å². The number of carbonyl (C=O) groups is 1. The number of carboxylic acids is 1. The van der Waals surface area contributed by atoms with E-state index in [4.69, 9.17) is 10.2 Å². The van der Waals surface area contributed by atoms with Gasteiger partial charge in [0, 0.05) is 6.42 Å². The first kappa shape index (κ1) is 14.3. The molecule has 1 fully saturated rings. The van der Waals surface area contributed by atoms with E-state index in [1.54, 1.807) is 0 Å². The Bertz CT molecular complexity index is 289. The fourth-order valence-corrected chi connectivity index (χ4v) is 1.65. The standard InChI is InChI=1S/C9H16O8/c1-3(10)5(12)7-6(13)4(11)2-9(16,17-7)8(14)15/h3-7,10-13,16H,2H2,1H3,(H,14,15)/t3-,4-,5-,6-,7+,9?/m0/s1. The van der Waals surface area contributed by atoms with Crippen molar-refractivity contribution < 1.29 is 40.2 Å². The van der Waals surface area contributed by atoms with Crippen molar-refractivity contribution in [1.82, 2.24) is 0 Å². The van der Waals surface area contributed by atoms with Gasteiger partial charge in [0.15, 0.2) is 0 Å². The van der Waals surface area contributed by atoms with Gasteiger partial charge in [-0.1, -0.05) is 0 Å². The molecule has 1 heterocycles. The van der Waals surface area contributed by atoms with Crippen molar-refractivity contribution in [2.24, 2.45) is 0 Å². The summed E-state index contributed by atoms with van der Waals surface area (Å²) < 4.78 is 4.68. The van der Waals surface area contributed by atoms with Gasteiger partial charge in [0.2, 0.25) is 0 Å². The Balaban J connectivity index is 2.93. The Morgan fingerprint density at radius 2 is 1.94 bits per heavy atom. The number of ether oxygens (including phenoxy) is 1. The predicted molar refractivity (Wildman–Crippen MR) is 51.8 cm³/mol. The van der Waals surface area contributed by atoms with Crippen LogP contribution in [0, 0.1) is 0 Å². The third-order valence-corrected chi connectivity index (χ3v) is 2.71. The van der Waals surface area contributed by atoms with Gasteiger partial charge in [0.1, 0.15) is 18.3 Å². The van der Waals surface area contributed by atoms with Crippen LogP contribution in [0.3, 0.4) is 0 Å². The largest absolute Gasteiger partial charge is 0.477 e. The summed E-state index contributed by atoms with van der Waals surface area (Å²) in [5, 5.41) is 55.9. The maximum absolute atomic E-state index is 10.8. The average molecular weight is 252 g/mol. The quantitative estimate of drug-likeness (QED) is 0.311. The van der Waals surface area contributed by atoms with Gasteiger partial charge in [-0.25, -0.2) is 4.79 Å². The second-order valence-electron chi connectivity index (χ2n) is 4.17. The zero-order valence-electron chi connectivity index (χ0n) is 9.09. The molecule has 0 radical (unpaired) electrons. The number of carboxylic acid groups (broad SMARTS) is 1. The highest BCUT2D eigenvalue weighted by Gasteiger charge is 2.52. The molecule has 100 valence electrons. The minimum atomic E-state index is -2.70. The Morgan fingerprint density at radius 3 is 2.35 bits per heavy atom. The summed E-state index contributed by atoms with van der Waals surface area (Å²) in [6, 6.07) is 0. The molecule has 17 heavy (non-hydrogen) atoms. The predicted octanol–water partition coefficient (Wildman–Crippen LogP) is -2.99. The summed E-state index contributed by atoms with van der Waals surface area (Å²) in [6.45, 7) is 1.20. The first-order valence-electron chi connectivity index (χ1n) is 5.05. The van der Waals surface area contributed by atoms with Crippen LogP contribution in [0.2, 0.25) is 0 Å². The minimum absolute atomic E-state index is 0.730. The van der Waals surface area contributed by atoms with Crippen LogP contribution < -0.4 is 0 Å². The molecule has 0 amide bonds. The summed E-state index contributed by atoms with van der Waals surface area (Å²) in [6.07, 6.45) is -8.46. The molecule has 1 aliphatic rings. The normalized spacial score (nSPS) is 41.9. The fraction of sp³-hybridized carbons (Fsp3) is 0.889. The number of aliphatic hydroxyl groups excluding tert-OH is 4. The maximum Gasteiger partial charge on any atom is 0.364 e. The maximum atomic E-state index is 10.8. The van der Waals surface area contributed by atoms with Gasteiger partial charge in [0.25, 0.3) is 5.79 Å². The lowest BCUT2D eigenvalue weighted by molar-refractivity contribution is -0.311. The van der Waals surface area contributed by atoms with E-state index in [0.29, 0.717) is 0 Å². The summed E-state index contributed by atoms with van der Waals surface area (Å²) in [5.74, 6) is -4.44. The van der Waals surface area contributed by atoms with Crippen LogP contribution in [0.5, 0.6) is 0 Å². The second-order valence-corrected chi connectivity index (χ2v) is 4.17. The van der Waals surface area contributed by atoms with Gasteiger partial charge in [-0.15, -0.1) is 0 Å². The molecule has 1 rings (SSSR count). The molecule has 1 aliphatic heterocycles. The van der Waals surface area contributed by atoms with Crippen LogP contribution in [0.4, 0.5) is 0 Å². The molecule has 0 aliphatic carbocycles. The molecule has 6 atom stereocenters. The first-order chi connectivity index (χ1) is 7.69. The number of aliphatic carboxylic acids is 1. The summed E-state index contributed by atoms with van der Waals surface area (Å²) in [4.78, 5) is 10.8. The molecule has 0 aromatic heterocycles. The fourth-order valence-electron chi connectivity index (χ4n) is 1.65. The number of hydrogen-bond acceptors (Lipinski definition) is 7. The molecular formula is C9H16O8. The number of rotatable bonds is 3. The molecule has 0 saturated carbocycles. The molecule has 8 nitrogen and oxygen atoms in total. The smallest absolute Gasteiger partial charge is 0.364 e. The van der Waals surface area contributed by atoms with E-state index in [1.165, 1.54) is 6.92 Å². The molecule has 6 N–H and O–H groups in total. The SMILES string of the molecule is C[C@H](O)[C@H](O)[C@H]1OC(O)(C(=O)O)C[C@H](O)[C@@H]1O. The zero-order valence-corrected chi connectivity index (χ0v) is 9.09. The average Bonchev–Trinajstić information content (AvgIpc) is 2.22. The van der Waals surface area contributed by atoms with Crippen molar-refractivity contribution >= 4 is 5.97 Å². The Morgan fingerprint density at radius 1 is 1.41 bits per heavy atom. The van der Waals surface area contributed by atoms with Crippen LogP contribution >= 0.6 is 0 Å². The van der Waals surface area contributed by atoms with Crippen LogP contribution in [0.15, 0.2) is 0 Å². The van der Waals surface area contributed by atoms with Crippen molar-refractivity contribution in [3.63, 3.8) is 0 Å². The van der Waals surface area contributed by atoms with E-state index in [9.17, 15) is 25.2 Å². The topological polar surface area (TPSA) is 148 Å². The van der Waals surface area contributed by atoms with E-state index in [0.717, 1.165) is 0 Å². The second kappa shape index (κ2) is 4.84. The number of aliphatic hydroxyl groups is 5. The Hall–Kier alpha value is -0.770. The highest BCUT2D eigenvalue weighted by atomic mass is 16.7. The van der Waals surface area contributed by atoms with Gasteiger partial charge in [0.05, 0.1) is 12.2 Å². The third kappa shape index (κ3) is 2.73. The highest BCUT2D eigenvalue weighted by molar-refractivity contribution is 5.75. The molecule has 0 bridgehead atoms. The van der Waals surface area contributed by atoms with E-state index in [2.05, 4.69) is 4.74 Å². The van der Waals surface area contributed by atoms with Crippen LogP contribution in [0.25, 0.3) is 0 Å². The Kier molecular flexibility index (Phi) is 4.07. The van der Waals surface area contributed by atoms with Crippen molar-refractivity contribution in [1.29, 1.82) is 0 Å². The van der Waals surface area contributed by atoms with Gasteiger partial charge >= 0.3 is 5.97 Å². The lowest BCUT2D eigenvalue weighted by atomic mass is 9.91.